The van der Waals surface area contributed by atoms with Crippen LogP contribution in [0.3, 0.4) is 0 Å². The topological polar surface area (TPSA) is 17.1 Å². The van der Waals surface area contributed by atoms with Crippen LogP contribution in [0, 0.1) is 0 Å². The monoisotopic (exact) mass is 308 g/mol. The van der Waals surface area contributed by atoms with Gasteiger partial charge in [-0.1, -0.05) is 55.3 Å². The van der Waals surface area contributed by atoms with Crippen LogP contribution in [0.2, 0.25) is 0 Å². The molecule has 112 valence electrons. The van der Waals surface area contributed by atoms with Gasteiger partial charge in [0.1, 0.15) is 0 Å². The Morgan fingerprint density at radius 1 is 0.909 bits per heavy atom. The minimum absolute atomic E-state index is 0.157. The molecule has 2 aliphatic carbocycles. The Morgan fingerprint density at radius 2 is 1.68 bits per heavy atom. The molecule has 1 unspecified atom stereocenters. The number of thioether (sulfide) groups is 1. The van der Waals surface area contributed by atoms with Gasteiger partial charge in [-0.25, -0.2) is 0 Å². The Labute approximate surface area is 136 Å². The van der Waals surface area contributed by atoms with Gasteiger partial charge in [0, 0.05) is 10.8 Å². The van der Waals surface area contributed by atoms with Crippen molar-refractivity contribution in [3.05, 3.63) is 59.7 Å². The standard InChI is InChI=1S/C20H20OS/c21-20-18-12-15(14-6-2-1-3-7-14)10-11-16(18)13-19(20)22-17-8-4-5-9-17/h1-3,6-7,10-12,17,19H,4-5,8-9,13H2. The Bertz CT molecular complexity index is 686. The molecule has 2 aromatic carbocycles. The quantitative estimate of drug-likeness (QED) is 0.781. The zero-order valence-electron chi connectivity index (χ0n) is 12.6. The minimum Gasteiger partial charge on any atom is -0.293 e. The first-order valence-electron chi connectivity index (χ1n) is 8.19. The van der Waals surface area contributed by atoms with Crippen molar-refractivity contribution >= 4 is 17.5 Å². The van der Waals surface area contributed by atoms with E-state index in [4.69, 9.17) is 0 Å². The molecule has 2 aromatic rings. The summed E-state index contributed by atoms with van der Waals surface area (Å²) in [4.78, 5) is 12.7. The van der Waals surface area contributed by atoms with Crippen molar-refractivity contribution in [3.63, 3.8) is 0 Å². The first kappa shape index (κ1) is 14.1. The van der Waals surface area contributed by atoms with Crippen molar-refractivity contribution < 1.29 is 4.79 Å². The number of fused-ring (bicyclic) bond motifs is 1. The fraction of sp³-hybridized carbons (Fsp3) is 0.350. The van der Waals surface area contributed by atoms with Crippen LogP contribution in [0.4, 0.5) is 0 Å². The molecular weight excluding hydrogens is 288 g/mol. The zero-order chi connectivity index (χ0) is 14.9. The van der Waals surface area contributed by atoms with Crippen LogP contribution >= 0.6 is 11.8 Å². The summed E-state index contributed by atoms with van der Waals surface area (Å²) in [7, 11) is 0. The van der Waals surface area contributed by atoms with E-state index in [1.807, 2.05) is 30.0 Å². The fourth-order valence-corrected chi connectivity index (χ4v) is 5.22. The van der Waals surface area contributed by atoms with Crippen LogP contribution in [0.1, 0.15) is 41.6 Å². The van der Waals surface area contributed by atoms with Crippen molar-refractivity contribution in [1.29, 1.82) is 0 Å². The van der Waals surface area contributed by atoms with Gasteiger partial charge >= 0.3 is 0 Å². The Hall–Kier alpha value is -1.54. The second-order valence-electron chi connectivity index (χ2n) is 6.34. The SMILES string of the molecule is O=C1c2cc(-c3ccccc3)ccc2CC1SC1CCCC1. The molecule has 0 radical (unpaired) electrons. The number of carbonyl (C=O) groups excluding carboxylic acids is 1. The first-order chi connectivity index (χ1) is 10.8. The van der Waals surface area contributed by atoms with Crippen LogP contribution in [0.5, 0.6) is 0 Å². The predicted molar refractivity (Wildman–Crippen MR) is 93.5 cm³/mol. The second kappa shape index (κ2) is 5.92. The maximum absolute atomic E-state index is 12.7. The number of Topliss-reactive ketones (excluding diaryl/α,β-unsaturated/α-hetero) is 1. The zero-order valence-corrected chi connectivity index (χ0v) is 13.4. The summed E-state index contributed by atoms with van der Waals surface area (Å²) in [5, 5.41) is 0.862. The summed E-state index contributed by atoms with van der Waals surface area (Å²) in [5.74, 6) is 0.352. The van der Waals surface area contributed by atoms with Gasteiger partial charge in [-0.05, 0) is 42.0 Å². The molecule has 0 N–H and O–H groups in total. The van der Waals surface area contributed by atoms with Crippen molar-refractivity contribution in [1.82, 2.24) is 0 Å². The highest BCUT2D eigenvalue weighted by Gasteiger charge is 2.33. The van der Waals surface area contributed by atoms with E-state index in [1.54, 1.807) is 0 Å². The van der Waals surface area contributed by atoms with Gasteiger partial charge < -0.3 is 0 Å². The van der Waals surface area contributed by atoms with E-state index < -0.39 is 0 Å². The molecule has 1 saturated carbocycles. The normalized spacial score (nSPS) is 21.3. The summed E-state index contributed by atoms with van der Waals surface area (Å²) in [6.07, 6.45) is 6.18. The highest BCUT2D eigenvalue weighted by molar-refractivity contribution is 8.01. The van der Waals surface area contributed by atoms with Crippen LogP contribution in [0.15, 0.2) is 48.5 Å². The van der Waals surface area contributed by atoms with Crippen molar-refractivity contribution in [2.75, 3.05) is 0 Å². The molecule has 1 nitrogen and oxygen atoms in total. The van der Waals surface area contributed by atoms with E-state index in [9.17, 15) is 4.79 Å². The van der Waals surface area contributed by atoms with Crippen LogP contribution in [-0.2, 0) is 6.42 Å². The lowest BCUT2D eigenvalue weighted by molar-refractivity contribution is 0.1000. The summed E-state index contributed by atoms with van der Waals surface area (Å²) < 4.78 is 0. The molecule has 0 amide bonds. The molecule has 0 spiro atoms. The van der Waals surface area contributed by atoms with E-state index in [2.05, 4.69) is 30.3 Å². The summed E-state index contributed by atoms with van der Waals surface area (Å²) in [5.41, 5.74) is 4.53. The average Bonchev–Trinajstić information content (AvgIpc) is 3.17. The van der Waals surface area contributed by atoms with Crippen molar-refractivity contribution in [2.45, 2.75) is 42.6 Å². The van der Waals surface area contributed by atoms with Crippen molar-refractivity contribution in [3.8, 4) is 11.1 Å². The van der Waals surface area contributed by atoms with Gasteiger partial charge in [0.15, 0.2) is 5.78 Å². The third kappa shape index (κ3) is 2.61. The van der Waals surface area contributed by atoms with Gasteiger partial charge in [-0.3, -0.25) is 4.79 Å². The van der Waals surface area contributed by atoms with Crippen LogP contribution in [0.25, 0.3) is 11.1 Å². The van der Waals surface area contributed by atoms with E-state index in [-0.39, 0.29) is 5.25 Å². The fourth-order valence-electron chi connectivity index (χ4n) is 3.63. The van der Waals surface area contributed by atoms with Crippen LogP contribution in [-0.4, -0.2) is 16.3 Å². The highest BCUT2D eigenvalue weighted by Crippen LogP contribution is 2.39. The second-order valence-corrected chi connectivity index (χ2v) is 7.85. The summed E-state index contributed by atoms with van der Waals surface area (Å²) in [6.45, 7) is 0. The number of carbonyl (C=O) groups is 1. The lowest BCUT2D eigenvalue weighted by atomic mass is 10.0. The Balaban J connectivity index is 1.58. The average molecular weight is 308 g/mol. The van der Waals surface area contributed by atoms with Gasteiger partial charge in [0.05, 0.1) is 5.25 Å². The molecule has 2 heteroatoms. The highest BCUT2D eigenvalue weighted by atomic mass is 32.2. The molecule has 0 aromatic heterocycles. The van der Waals surface area contributed by atoms with Crippen LogP contribution < -0.4 is 0 Å². The van der Waals surface area contributed by atoms with E-state index in [0.29, 0.717) is 11.0 Å². The molecule has 1 atom stereocenters. The largest absolute Gasteiger partial charge is 0.293 e. The van der Waals surface area contributed by atoms with Gasteiger partial charge in [0.2, 0.25) is 0 Å². The van der Waals surface area contributed by atoms with Crippen molar-refractivity contribution in [2.24, 2.45) is 0 Å². The van der Waals surface area contributed by atoms with Gasteiger partial charge in [-0.2, -0.15) is 0 Å². The lowest BCUT2D eigenvalue weighted by Crippen LogP contribution is -2.15. The molecule has 4 rings (SSSR count). The number of rotatable bonds is 3. The number of hydrogen-bond donors (Lipinski definition) is 0. The van der Waals surface area contributed by atoms with Gasteiger partial charge in [0.25, 0.3) is 0 Å². The molecule has 22 heavy (non-hydrogen) atoms. The number of hydrogen-bond acceptors (Lipinski definition) is 2. The molecule has 0 aliphatic heterocycles. The minimum atomic E-state index is 0.157. The predicted octanol–water partition coefficient (Wildman–Crippen LogP) is 5.14. The maximum Gasteiger partial charge on any atom is 0.176 e. The summed E-state index contributed by atoms with van der Waals surface area (Å²) in [6, 6.07) is 16.7. The molecule has 0 heterocycles. The van der Waals surface area contributed by atoms with E-state index >= 15 is 0 Å². The third-order valence-electron chi connectivity index (χ3n) is 4.84. The molecular formula is C20H20OS. The third-order valence-corrected chi connectivity index (χ3v) is 6.40. The summed E-state index contributed by atoms with van der Waals surface area (Å²) >= 11 is 1.93. The lowest BCUT2D eigenvalue weighted by Gasteiger charge is -2.13. The Kier molecular flexibility index (Phi) is 3.79. The smallest absolute Gasteiger partial charge is 0.176 e. The molecule has 2 aliphatic rings. The maximum atomic E-state index is 12.7. The molecule has 1 fully saturated rings. The van der Waals surface area contributed by atoms with E-state index in [1.165, 1.54) is 36.8 Å². The molecule has 0 saturated heterocycles. The Morgan fingerprint density at radius 3 is 2.45 bits per heavy atom. The number of benzene rings is 2. The number of ketones is 1. The molecule has 0 bridgehead atoms. The first-order valence-corrected chi connectivity index (χ1v) is 9.13. The van der Waals surface area contributed by atoms with Gasteiger partial charge in [-0.15, -0.1) is 11.8 Å². The van der Waals surface area contributed by atoms with E-state index in [0.717, 1.165) is 17.5 Å².